The minimum absolute atomic E-state index is 0.0437. The van der Waals surface area contributed by atoms with E-state index in [1.165, 1.54) is 36.4 Å². The number of imide groups is 2. The number of nitro groups is 2. The number of halogens is 1. The van der Waals surface area contributed by atoms with Gasteiger partial charge in [0.1, 0.15) is 12.2 Å². The summed E-state index contributed by atoms with van der Waals surface area (Å²) in [7, 11) is 0. The second kappa shape index (κ2) is 11.9. The van der Waals surface area contributed by atoms with E-state index in [0.717, 1.165) is 6.07 Å². The number of nitrogens with zero attached hydrogens (tertiary/aromatic N) is 3. The maximum Gasteiger partial charge on any atom is 0.335 e. The van der Waals surface area contributed by atoms with Gasteiger partial charge in [0.25, 0.3) is 23.2 Å². The molecule has 0 bridgehead atoms. The number of non-ortho nitro benzene ring substituents is 2. The fourth-order valence-electron chi connectivity index (χ4n) is 3.75. The number of urea groups is 1. The van der Waals surface area contributed by atoms with Gasteiger partial charge in [-0.1, -0.05) is 6.07 Å². The van der Waals surface area contributed by atoms with Gasteiger partial charge in [0.05, 0.1) is 25.7 Å². The van der Waals surface area contributed by atoms with E-state index in [4.69, 9.17) is 9.47 Å². The van der Waals surface area contributed by atoms with Crippen molar-refractivity contribution in [2.45, 2.75) is 13.5 Å². The summed E-state index contributed by atoms with van der Waals surface area (Å²) in [6.07, 6.45) is 1.28. The Morgan fingerprint density at radius 2 is 1.65 bits per heavy atom. The molecule has 204 valence electrons. The molecule has 1 aliphatic heterocycles. The van der Waals surface area contributed by atoms with Gasteiger partial charge >= 0.3 is 6.03 Å². The molecule has 1 aliphatic rings. The van der Waals surface area contributed by atoms with Gasteiger partial charge in [-0.25, -0.2) is 9.69 Å². The smallest absolute Gasteiger partial charge is 0.335 e. The number of hydrogen-bond acceptors (Lipinski definition) is 9. The highest BCUT2D eigenvalue weighted by molar-refractivity contribution is 14.1. The first-order valence-electron chi connectivity index (χ1n) is 11.6. The highest BCUT2D eigenvalue weighted by atomic mass is 127. The normalized spacial score (nSPS) is 14.2. The quantitative estimate of drug-likeness (QED) is 0.112. The van der Waals surface area contributed by atoms with E-state index in [1.54, 1.807) is 31.2 Å². The molecule has 4 amide bonds. The highest BCUT2D eigenvalue weighted by Crippen LogP contribution is 2.36. The topological polar surface area (TPSA) is 171 Å². The van der Waals surface area contributed by atoms with Gasteiger partial charge in [-0.05, 0) is 77.0 Å². The highest BCUT2D eigenvalue weighted by Gasteiger charge is 2.37. The molecular formula is C26H19IN4O9. The molecule has 1 N–H and O–H groups in total. The van der Waals surface area contributed by atoms with Crippen LogP contribution in [0.25, 0.3) is 6.08 Å². The number of carbonyl (C=O) groups excluding carboxylic acids is 3. The molecule has 1 fully saturated rings. The van der Waals surface area contributed by atoms with Crippen molar-refractivity contribution in [1.82, 2.24) is 5.32 Å². The van der Waals surface area contributed by atoms with Crippen LogP contribution < -0.4 is 19.7 Å². The fraction of sp³-hybridized carbons (Fsp3) is 0.115. The zero-order chi connectivity index (χ0) is 29.0. The van der Waals surface area contributed by atoms with Crippen molar-refractivity contribution in [2.24, 2.45) is 0 Å². The lowest BCUT2D eigenvalue weighted by Gasteiger charge is -2.26. The number of rotatable bonds is 9. The molecule has 40 heavy (non-hydrogen) atoms. The van der Waals surface area contributed by atoms with Gasteiger partial charge in [0.2, 0.25) is 0 Å². The Kier molecular flexibility index (Phi) is 8.37. The summed E-state index contributed by atoms with van der Waals surface area (Å²) >= 11 is 2.00. The van der Waals surface area contributed by atoms with Gasteiger partial charge in [-0.3, -0.25) is 35.1 Å². The van der Waals surface area contributed by atoms with Gasteiger partial charge in [-0.15, -0.1) is 0 Å². The molecule has 1 saturated heterocycles. The molecule has 3 aromatic rings. The Morgan fingerprint density at radius 3 is 2.30 bits per heavy atom. The Balaban J connectivity index is 1.64. The van der Waals surface area contributed by atoms with Crippen molar-refractivity contribution in [1.29, 1.82) is 0 Å². The lowest BCUT2D eigenvalue weighted by molar-refractivity contribution is -0.385. The van der Waals surface area contributed by atoms with E-state index in [9.17, 15) is 34.6 Å². The van der Waals surface area contributed by atoms with Crippen LogP contribution >= 0.6 is 22.6 Å². The largest absolute Gasteiger partial charge is 0.490 e. The number of nitrogens with one attached hydrogen (secondary N) is 1. The molecule has 3 aromatic carbocycles. The van der Waals surface area contributed by atoms with Crippen molar-refractivity contribution >= 4 is 63.6 Å². The van der Waals surface area contributed by atoms with Gasteiger partial charge in [0.15, 0.2) is 11.5 Å². The van der Waals surface area contributed by atoms with Crippen molar-refractivity contribution in [3.63, 3.8) is 0 Å². The number of anilines is 1. The van der Waals surface area contributed by atoms with E-state index in [1.807, 2.05) is 22.6 Å². The molecule has 13 nitrogen and oxygen atoms in total. The zero-order valence-electron chi connectivity index (χ0n) is 20.7. The van der Waals surface area contributed by atoms with Crippen LogP contribution in [-0.2, 0) is 16.2 Å². The molecule has 14 heteroatoms. The number of carbonyl (C=O) groups is 3. The van der Waals surface area contributed by atoms with Gasteiger partial charge in [0, 0.05) is 24.3 Å². The molecule has 0 atom stereocenters. The van der Waals surface area contributed by atoms with E-state index in [-0.39, 0.29) is 35.8 Å². The predicted molar refractivity (Wildman–Crippen MR) is 150 cm³/mol. The van der Waals surface area contributed by atoms with Crippen LogP contribution in [0.15, 0.2) is 66.2 Å². The molecule has 0 aromatic heterocycles. The van der Waals surface area contributed by atoms with E-state index >= 15 is 0 Å². The van der Waals surface area contributed by atoms with Crippen LogP contribution in [0.1, 0.15) is 18.1 Å². The lowest BCUT2D eigenvalue weighted by atomic mass is 10.1. The standard InChI is InChI=1S/C26H19IN4O9/c1-2-39-22-12-16(11-21(27)23(22)40-14-15-6-8-17(9-7-15)30(35)36)10-20-24(32)28-26(34)29(25(20)33)18-4-3-5-19(13-18)31(37)38/h3-13H,2,14H2,1H3,(H,28,32,34)/b20-10+. The number of ether oxygens (including phenoxy) is 2. The number of hydrogen-bond donors (Lipinski definition) is 1. The first kappa shape index (κ1) is 28.2. The first-order chi connectivity index (χ1) is 19.1. The second-order valence-corrected chi connectivity index (χ2v) is 9.37. The summed E-state index contributed by atoms with van der Waals surface area (Å²) in [5, 5.41) is 24.1. The maximum atomic E-state index is 13.2. The van der Waals surface area contributed by atoms with Gasteiger partial charge < -0.3 is 9.47 Å². The molecule has 0 saturated carbocycles. The SMILES string of the molecule is CCOc1cc(/C=C2\C(=O)NC(=O)N(c3cccc([N+](=O)[O-])c3)C2=O)cc(I)c1OCc1ccc([N+](=O)[O-])cc1. The molecule has 0 aliphatic carbocycles. The third-order valence-corrected chi connectivity index (χ3v) is 6.37. The molecule has 0 radical (unpaired) electrons. The van der Waals surface area contributed by atoms with Crippen molar-refractivity contribution in [3.8, 4) is 11.5 Å². The number of benzene rings is 3. The molecule has 0 unspecified atom stereocenters. The first-order valence-corrected chi connectivity index (χ1v) is 12.6. The Morgan fingerprint density at radius 1 is 0.950 bits per heavy atom. The Labute approximate surface area is 239 Å². The Bertz CT molecular complexity index is 1570. The van der Waals surface area contributed by atoms with Crippen LogP contribution in [0.5, 0.6) is 11.5 Å². The average molecular weight is 658 g/mol. The van der Waals surface area contributed by atoms with Crippen LogP contribution in [0, 0.1) is 23.8 Å². The third kappa shape index (κ3) is 6.06. The monoisotopic (exact) mass is 658 g/mol. The summed E-state index contributed by atoms with van der Waals surface area (Å²) in [6.45, 7) is 2.13. The number of barbiturate groups is 1. The van der Waals surface area contributed by atoms with E-state index in [2.05, 4.69) is 5.32 Å². The third-order valence-electron chi connectivity index (χ3n) is 5.57. The summed E-state index contributed by atoms with van der Waals surface area (Å²) in [5.74, 6) is -1.18. The zero-order valence-corrected chi connectivity index (χ0v) is 22.8. The molecule has 4 rings (SSSR count). The lowest BCUT2D eigenvalue weighted by Crippen LogP contribution is -2.54. The van der Waals surface area contributed by atoms with E-state index in [0.29, 0.717) is 31.1 Å². The number of nitro benzene ring substituents is 2. The summed E-state index contributed by atoms with van der Waals surface area (Å²) < 4.78 is 12.2. The predicted octanol–water partition coefficient (Wildman–Crippen LogP) is 4.75. The van der Waals surface area contributed by atoms with Crippen LogP contribution in [0.3, 0.4) is 0 Å². The maximum absolute atomic E-state index is 13.2. The minimum Gasteiger partial charge on any atom is -0.490 e. The van der Waals surface area contributed by atoms with Crippen LogP contribution in [0.2, 0.25) is 0 Å². The van der Waals surface area contributed by atoms with E-state index < -0.39 is 27.7 Å². The summed E-state index contributed by atoms with van der Waals surface area (Å²) in [4.78, 5) is 59.8. The minimum atomic E-state index is -1.03. The molecule has 0 spiro atoms. The van der Waals surface area contributed by atoms with Crippen LogP contribution in [0.4, 0.5) is 21.9 Å². The number of amides is 4. The molecular weight excluding hydrogens is 639 g/mol. The van der Waals surface area contributed by atoms with Gasteiger partial charge in [-0.2, -0.15) is 0 Å². The van der Waals surface area contributed by atoms with Crippen molar-refractivity contribution in [2.75, 3.05) is 11.5 Å². The van der Waals surface area contributed by atoms with Crippen LogP contribution in [-0.4, -0.2) is 34.3 Å². The van der Waals surface area contributed by atoms with Crippen molar-refractivity contribution < 1.29 is 33.7 Å². The molecule has 1 heterocycles. The fourth-order valence-corrected chi connectivity index (χ4v) is 4.53. The summed E-state index contributed by atoms with van der Waals surface area (Å²) in [5.41, 5.74) is 0.255. The second-order valence-electron chi connectivity index (χ2n) is 8.21. The average Bonchev–Trinajstić information content (AvgIpc) is 2.91. The van der Waals surface area contributed by atoms with Crippen molar-refractivity contribution in [3.05, 3.63) is 101 Å². The summed E-state index contributed by atoms with van der Waals surface area (Å²) in [6, 6.07) is 13.0. The Hall–Kier alpha value is -4.86.